The number of rotatable bonds is 6. The van der Waals surface area contributed by atoms with Crippen molar-refractivity contribution in [3.63, 3.8) is 0 Å². The van der Waals surface area contributed by atoms with E-state index in [9.17, 15) is 5.26 Å². The molecule has 0 bridgehead atoms. The van der Waals surface area contributed by atoms with Crippen LogP contribution in [0.1, 0.15) is 53.4 Å². The third-order valence-electron chi connectivity index (χ3n) is 3.64. The number of hydrogen-bond donors (Lipinski definition) is 1. The van der Waals surface area contributed by atoms with E-state index in [0.717, 1.165) is 12.5 Å². The first-order valence-electron chi connectivity index (χ1n) is 7.22. The van der Waals surface area contributed by atoms with E-state index in [4.69, 9.17) is 4.74 Å². The molecule has 1 aliphatic rings. The van der Waals surface area contributed by atoms with Gasteiger partial charge in [-0.2, -0.15) is 5.26 Å². The van der Waals surface area contributed by atoms with E-state index < -0.39 is 5.54 Å². The largest absolute Gasteiger partial charge is 0.378 e. The van der Waals surface area contributed by atoms with Gasteiger partial charge in [0.05, 0.1) is 12.7 Å². The van der Waals surface area contributed by atoms with Gasteiger partial charge in [0.25, 0.3) is 0 Å². The number of nitrogens with one attached hydrogen (secondary N) is 1. The van der Waals surface area contributed by atoms with Crippen LogP contribution in [0.5, 0.6) is 0 Å². The van der Waals surface area contributed by atoms with Crippen LogP contribution in [0.25, 0.3) is 0 Å². The molecule has 0 amide bonds. The minimum Gasteiger partial charge on any atom is -0.378 e. The quantitative estimate of drug-likeness (QED) is 0.790. The third-order valence-corrected chi connectivity index (χ3v) is 3.64. The van der Waals surface area contributed by atoms with Crippen LogP contribution in [0.15, 0.2) is 0 Å². The summed E-state index contributed by atoms with van der Waals surface area (Å²) in [5, 5.41) is 12.5. The first-order chi connectivity index (χ1) is 8.45. The molecule has 3 unspecified atom stereocenters. The molecule has 0 radical (unpaired) electrons. The predicted molar refractivity (Wildman–Crippen MR) is 74.2 cm³/mol. The van der Waals surface area contributed by atoms with Crippen molar-refractivity contribution in [3.8, 4) is 6.07 Å². The molecule has 1 rings (SSSR count). The Balaban J connectivity index is 2.29. The van der Waals surface area contributed by atoms with Gasteiger partial charge in [-0.15, -0.1) is 0 Å². The summed E-state index contributed by atoms with van der Waals surface area (Å²) in [7, 11) is 0. The van der Waals surface area contributed by atoms with Gasteiger partial charge < -0.3 is 4.74 Å². The molecule has 3 nitrogen and oxygen atoms in total. The molecule has 3 atom stereocenters. The van der Waals surface area contributed by atoms with Gasteiger partial charge >= 0.3 is 0 Å². The first kappa shape index (κ1) is 15.5. The molecule has 0 spiro atoms. The summed E-state index contributed by atoms with van der Waals surface area (Å²) in [6, 6.07) is 2.62. The van der Waals surface area contributed by atoms with Crippen molar-refractivity contribution in [2.24, 2.45) is 11.8 Å². The van der Waals surface area contributed by atoms with E-state index in [1.165, 1.54) is 25.7 Å². The van der Waals surface area contributed by atoms with Gasteiger partial charge in [0.1, 0.15) is 5.54 Å². The summed E-state index contributed by atoms with van der Waals surface area (Å²) in [5.41, 5.74) is -0.561. The van der Waals surface area contributed by atoms with Gasteiger partial charge in [0, 0.05) is 12.6 Å². The molecule has 0 aromatic carbocycles. The average Bonchev–Trinajstić information content (AvgIpc) is 2.28. The lowest BCUT2D eigenvalue weighted by Gasteiger charge is -2.29. The lowest BCUT2D eigenvalue weighted by atomic mass is 9.83. The number of hydrogen-bond acceptors (Lipinski definition) is 3. The molecule has 18 heavy (non-hydrogen) atoms. The molecular weight excluding hydrogens is 224 g/mol. The van der Waals surface area contributed by atoms with Crippen molar-refractivity contribution in [1.29, 1.82) is 5.26 Å². The highest BCUT2D eigenvalue weighted by atomic mass is 16.5. The predicted octanol–water partition coefficient (Wildman–Crippen LogP) is 3.11. The molecular formula is C15H28N2O. The molecule has 0 aliphatic heterocycles. The van der Waals surface area contributed by atoms with E-state index in [1.54, 1.807) is 0 Å². The van der Waals surface area contributed by atoms with Crippen LogP contribution in [-0.4, -0.2) is 24.8 Å². The summed E-state index contributed by atoms with van der Waals surface area (Å²) in [4.78, 5) is 0. The number of ether oxygens (including phenoxy) is 1. The van der Waals surface area contributed by atoms with Crippen molar-refractivity contribution in [1.82, 2.24) is 5.32 Å². The summed E-state index contributed by atoms with van der Waals surface area (Å²) >= 11 is 0. The number of nitrogens with zero attached hydrogens (tertiary/aromatic N) is 1. The molecule has 1 aliphatic carbocycles. The van der Waals surface area contributed by atoms with Gasteiger partial charge in [0.2, 0.25) is 0 Å². The highest BCUT2D eigenvalue weighted by Crippen LogP contribution is 2.28. The Morgan fingerprint density at radius 3 is 2.72 bits per heavy atom. The second-order valence-corrected chi connectivity index (χ2v) is 6.40. The van der Waals surface area contributed by atoms with E-state index in [2.05, 4.69) is 32.2 Å². The Hall–Kier alpha value is -0.590. The van der Waals surface area contributed by atoms with Crippen LogP contribution in [-0.2, 0) is 4.74 Å². The Kier molecular flexibility index (Phi) is 6.11. The molecule has 1 N–H and O–H groups in total. The standard InChI is InChI=1S/C15H28N2O/c1-12(2)17-15(4,10-16)11-18-9-14-7-5-6-13(3)8-14/h12-14,17H,5-9,11H2,1-4H3. The van der Waals surface area contributed by atoms with Crippen molar-refractivity contribution in [2.75, 3.05) is 13.2 Å². The maximum absolute atomic E-state index is 9.22. The maximum atomic E-state index is 9.22. The van der Waals surface area contributed by atoms with Crippen molar-refractivity contribution in [3.05, 3.63) is 0 Å². The van der Waals surface area contributed by atoms with E-state index in [-0.39, 0.29) is 0 Å². The Morgan fingerprint density at radius 1 is 1.44 bits per heavy atom. The minimum absolute atomic E-state index is 0.299. The molecule has 0 saturated heterocycles. The molecule has 0 heterocycles. The Bertz CT molecular complexity index is 285. The maximum Gasteiger partial charge on any atom is 0.127 e. The van der Waals surface area contributed by atoms with Crippen molar-refractivity contribution >= 4 is 0 Å². The fraction of sp³-hybridized carbons (Fsp3) is 0.933. The third kappa shape index (κ3) is 5.37. The fourth-order valence-electron chi connectivity index (χ4n) is 2.88. The summed E-state index contributed by atoms with van der Waals surface area (Å²) in [6.07, 6.45) is 5.25. The zero-order chi connectivity index (χ0) is 13.6. The second-order valence-electron chi connectivity index (χ2n) is 6.40. The lowest BCUT2D eigenvalue weighted by molar-refractivity contribution is 0.0496. The van der Waals surface area contributed by atoms with Crippen LogP contribution in [0, 0.1) is 23.2 Å². The summed E-state index contributed by atoms with van der Waals surface area (Å²) in [6.45, 7) is 9.63. The monoisotopic (exact) mass is 252 g/mol. The van der Waals surface area contributed by atoms with Gasteiger partial charge in [-0.25, -0.2) is 0 Å². The molecule has 0 aromatic heterocycles. The SMILES string of the molecule is CC1CCCC(COCC(C)(C#N)NC(C)C)C1. The Morgan fingerprint density at radius 2 is 2.17 bits per heavy atom. The topological polar surface area (TPSA) is 45.0 Å². The lowest BCUT2D eigenvalue weighted by Crippen LogP contribution is -2.48. The zero-order valence-corrected chi connectivity index (χ0v) is 12.3. The van der Waals surface area contributed by atoms with Crippen LogP contribution < -0.4 is 5.32 Å². The zero-order valence-electron chi connectivity index (χ0n) is 12.3. The number of nitriles is 1. The molecule has 1 fully saturated rings. The molecule has 1 saturated carbocycles. The summed E-state index contributed by atoms with van der Waals surface area (Å²) in [5.74, 6) is 1.53. The normalized spacial score (nSPS) is 27.8. The van der Waals surface area contributed by atoms with Crippen molar-refractivity contribution in [2.45, 2.75) is 65.0 Å². The molecule has 0 aromatic rings. The van der Waals surface area contributed by atoms with Gasteiger partial charge in [-0.1, -0.05) is 19.8 Å². The van der Waals surface area contributed by atoms with E-state index in [0.29, 0.717) is 18.6 Å². The smallest absolute Gasteiger partial charge is 0.127 e. The van der Waals surface area contributed by atoms with Crippen LogP contribution in [0.4, 0.5) is 0 Å². The van der Waals surface area contributed by atoms with Crippen LogP contribution in [0.3, 0.4) is 0 Å². The molecule has 104 valence electrons. The van der Waals surface area contributed by atoms with E-state index in [1.807, 2.05) is 6.92 Å². The highest BCUT2D eigenvalue weighted by Gasteiger charge is 2.26. The first-order valence-corrected chi connectivity index (χ1v) is 7.22. The van der Waals surface area contributed by atoms with Gasteiger partial charge in [-0.05, 0) is 45.4 Å². The van der Waals surface area contributed by atoms with Crippen molar-refractivity contribution < 1.29 is 4.74 Å². The average molecular weight is 252 g/mol. The minimum atomic E-state index is -0.561. The van der Waals surface area contributed by atoms with Gasteiger partial charge in [-0.3, -0.25) is 5.32 Å². The second kappa shape index (κ2) is 7.11. The van der Waals surface area contributed by atoms with E-state index >= 15 is 0 Å². The highest BCUT2D eigenvalue weighted by molar-refractivity contribution is 5.04. The molecule has 3 heteroatoms. The van der Waals surface area contributed by atoms with Gasteiger partial charge in [0.15, 0.2) is 0 Å². The fourth-order valence-corrected chi connectivity index (χ4v) is 2.88. The van der Waals surface area contributed by atoms with Crippen LogP contribution in [0.2, 0.25) is 0 Å². The Labute approximate surface area is 112 Å². The summed E-state index contributed by atoms with van der Waals surface area (Å²) < 4.78 is 5.79. The van der Waals surface area contributed by atoms with Crippen LogP contribution >= 0.6 is 0 Å².